The molecule has 0 spiro atoms. The van der Waals surface area contributed by atoms with Crippen LogP contribution in [0.1, 0.15) is 0 Å². The van der Waals surface area contributed by atoms with Gasteiger partial charge in [0.1, 0.15) is 0 Å². The largest absolute Gasteiger partial charge is 0.380 e. The third-order valence-electron chi connectivity index (χ3n) is 1.74. The van der Waals surface area contributed by atoms with Gasteiger partial charge in [0.2, 0.25) is 0 Å². The molecule has 0 saturated heterocycles. The minimum atomic E-state index is 0.890. The van der Waals surface area contributed by atoms with Crippen molar-refractivity contribution in [2.24, 2.45) is 0 Å². The van der Waals surface area contributed by atoms with Gasteiger partial charge in [0, 0.05) is 36.1 Å². The second kappa shape index (κ2) is 14.6. The highest BCUT2D eigenvalue weighted by atomic mass is 32.2. The molecule has 0 radical (unpaired) electrons. The first-order chi connectivity index (χ1) is 7.41. The van der Waals surface area contributed by atoms with E-state index in [-0.39, 0.29) is 0 Å². The van der Waals surface area contributed by atoms with Crippen LogP contribution in [0.2, 0.25) is 0 Å². The summed E-state index contributed by atoms with van der Waals surface area (Å²) in [5.41, 5.74) is 0. The lowest BCUT2D eigenvalue weighted by Gasteiger charge is -2.04. The maximum absolute atomic E-state index is 5.51. The highest BCUT2D eigenvalue weighted by molar-refractivity contribution is 7.99. The van der Waals surface area contributed by atoms with E-state index in [9.17, 15) is 0 Å². The van der Waals surface area contributed by atoms with E-state index in [4.69, 9.17) is 4.74 Å². The maximum atomic E-state index is 5.51. The molecule has 0 aliphatic carbocycles. The van der Waals surface area contributed by atoms with Crippen molar-refractivity contribution in [2.45, 2.75) is 0 Å². The summed E-state index contributed by atoms with van der Waals surface area (Å²) in [5, 5.41) is 6.26. The standard InChI is InChI=1S/C10H24N2OS2/c1-11-3-7-14-9-5-13-6-10-15-8-4-12-2/h11-12H,3-10H2,1-2H3. The van der Waals surface area contributed by atoms with E-state index < -0.39 is 0 Å². The Bertz CT molecular complexity index is 106. The molecule has 0 fully saturated rings. The van der Waals surface area contributed by atoms with Gasteiger partial charge in [-0.2, -0.15) is 23.5 Å². The fourth-order valence-corrected chi connectivity index (χ4v) is 2.47. The molecular weight excluding hydrogens is 228 g/mol. The Kier molecular flexibility index (Phi) is 15.1. The van der Waals surface area contributed by atoms with Gasteiger partial charge >= 0.3 is 0 Å². The van der Waals surface area contributed by atoms with Crippen LogP contribution in [0.3, 0.4) is 0 Å². The van der Waals surface area contributed by atoms with Crippen molar-refractivity contribution in [1.29, 1.82) is 0 Å². The minimum Gasteiger partial charge on any atom is -0.380 e. The average Bonchev–Trinajstić information content (AvgIpc) is 2.26. The van der Waals surface area contributed by atoms with E-state index in [0.717, 1.165) is 37.8 Å². The minimum absolute atomic E-state index is 0.890. The Morgan fingerprint density at radius 2 is 1.27 bits per heavy atom. The van der Waals surface area contributed by atoms with Crippen LogP contribution in [-0.4, -0.2) is 63.4 Å². The molecule has 92 valence electrons. The third-order valence-corrected chi connectivity index (χ3v) is 3.63. The Labute approximate surface area is 102 Å². The number of hydrogen-bond donors (Lipinski definition) is 2. The summed E-state index contributed by atoms with van der Waals surface area (Å²) in [7, 11) is 3.97. The fraction of sp³-hybridized carbons (Fsp3) is 1.00. The summed E-state index contributed by atoms with van der Waals surface area (Å²) in [6.07, 6.45) is 0. The highest BCUT2D eigenvalue weighted by Gasteiger charge is 1.91. The maximum Gasteiger partial charge on any atom is 0.0557 e. The SMILES string of the molecule is CNCCSCCOCCSCCNC. The first kappa shape index (κ1) is 15.6. The zero-order valence-corrected chi connectivity index (χ0v) is 11.5. The molecule has 15 heavy (non-hydrogen) atoms. The Morgan fingerprint density at radius 1 is 0.800 bits per heavy atom. The van der Waals surface area contributed by atoms with E-state index in [1.807, 2.05) is 37.6 Å². The molecule has 0 aliphatic rings. The van der Waals surface area contributed by atoms with E-state index in [1.54, 1.807) is 0 Å². The van der Waals surface area contributed by atoms with E-state index in [1.165, 1.54) is 11.5 Å². The molecule has 0 amide bonds. The van der Waals surface area contributed by atoms with Gasteiger partial charge in [-0.15, -0.1) is 0 Å². The molecule has 0 unspecified atom stereocenters. The predicted octanol–water partition coefficient (Wildman–Crippen LogP) is 0.908. The van der Waals surface area contributed by atoms with Crippen molar-refractivity contribution >= 4 is 23.5 Å². The molecule has 5 heteroatoms. The molecule has 3 nitrogen and oxygen atoms in total. The van der Waals surface area contributed by atoms with Crippen molar-refractivity contribution in [1.82, 2.24) is 10.6 Å². The monoisotopic (exact) mass is 252 g/mol. The van der Waals surface area contributed by atoms with Crippen LogP contribution in [-0.2, 0) is 4.74 Å². The number of thioether (sulfide) groups is 2. The van der Waals surface area contributed by atoms with Crippen molar-refractivity contribution in [3.63, 3.8) is 0 Å². The molecule has 0 aliphatic heterocycles. The van der Waals surface area contributed by atoms with Crippen molar-refractivity contribution < 1.29 is 4.74 Å². The smallest absolute Gasteiger partial charge is 0.0557 e. The van der Waals surface area contributed by atoms with Gasteiger partial charge in [0.05, 0.1) is 13.2 Å². The van der Waals surface area contributed by atoms with Crippen LogP contribution < -0.4 is 10.6 Å². The van der Waals surface area contributed by atoms with E-state index >= 15 is 0 Å². The van der Waals surface area contributed by atoms with Crippen LogP contribution in [0.25, 0.3) is 0 Å². The van der Waals surface area contributed by atoms with Crippen molar-refractivity contribution in [2.75, 3.05) is 63.4 Å². The van der Waals surface area contributed by atoms with E-state index in [2.05, 4.69) is 10.6 Å². The number of ether oxygens (including phenoxy) is 1. The van der Waals surface area contributed by atoms with Crippen LogP contribution >= 0.6 is 23.5 Å². The van der Waals surface area contributed by atoms with Gasteiger partial charge < -0.3 is 15.4 Å². The van der Waals surface area contributed by atoms with Gasteiger partial charge in [0.25, 0.3) is 0 Å². The highest BCUT2D eigenvalue weighted by Crippen LogP contribution is 2.00. The molecular formula is C10H24N2OS2. The Balaban J connectivity index is 2.81. The normalized spacial score (nSPS) is 10.8. The summed E-state index contributed by atoms with van der Waals surface area (Å²) >= 11 is 3.89. The molecule has 0 rings (SSSR count). The van der Waals surface area contributed by atoms with Crippen LogP contribution in [0.5, 0.6) is 0 Å². The van der Waals surface area contributed by atoms with Gasteiger partial charge in [-0.25, -0.2) is 0 Å². The molecule has 0 aromatic carbocycles. The molecule has 0 atom stereocenters. The lowest BCUT2D eigenvalue weighted by molar-refractivity contribution is 0.167. The molecule has 0 aromatic heterocycles. The number of nitrogens with one attached hydrogen (secondary N) is 2. The number of hydrogen-bond acceptors (Lipinski definition) is 5. The quantitative estimate of drug-likeness (QED) is 0.505. The van der Waals surface area contributed by atoms with Crippen molar-refractivity contribution in [3.05, 3.63) is 0 Å². The Morgan fingerprint density at radius 3 is 1.67 bits per heavy atom. The first-order valence-electron chi connectivity index (χ1n) is 5.44. The van der Waals surface area contributed by atoms with Crippen LogP contribution in [0.15, 0.2) is 0 Å². The second-order valence-electron chi connectivity index (χ2n) is 3.04. The molecule has 0 heterocycles. The Hall–Kier alpha value is 0.580. The molecule has 0 bridgehead atoms. The van der Waals surface area contributed by atoms with Crippen LogP contribution in [0, 0.1) is 0 Å². The first-order valence-corrected chi connectivity index (χ1v) is 7.75. The van der Waals surface area contributed by atoms with Gasteiger partial charge in [0.15, 0.2) is 0 Å². The molecule has 0 saturated carbocycles. The lowest BCUT2D eigenvalue weighted by Crippen LogP contribution is -2.12. The van der Waals surface area contributed by atoms with Gasteiger partial charge in [-0.1, -0.05) is 0 Å². The zero-order valence-electron chi connectivity index (χ0n) is 9.88. The number of rotatable bonds is 12. The lowest BCUT2D eigenvalue weighted by atomic mass is 10.8. The topological polar surface area (TPSA) is 33.3 Å². The van der Waals surface area contributed by atoms with Gasteiger partial charge in [-0.05, 0) is 14.1 Å². The van der Waals surface area contributed by atoms with E-state index in [0.29, 0.717) is 0 Å². The summed E-state index contributed by atoms with van der Waals surface area (Å²) in [6.45, 7) is 3.96. The van der Waals surface area contributed by atoms with Crippen molar-refractivity contribution in [3.8, 4) is 0 Å². The van der Waals surface area contributed by atoms with Crippen LogP contribution in [0.4, 0.5) is 0 Å². The zero-order chi connectivity index (χ0) is 11.2. The third kappa shape index (κ3) is 14.6. The average molecular weight is 252 g/mol. The molecule has 0 aromatic rings. The molecule has 2 N–H and O–H groups in total. The fourth-order valence-electron chi connectivity index (χ4n) is 0.890. The predicted molar refractivity (Wildman–Crippen MR) is 73.3 cm³/mol. The summed E-state index contributed by atoms with van der Waals surface area (Å²) in [4.78, 5) is 0. The van der Waals surface area contributed by atoms with Gasteiger partial charge in [-0.3, -0.25) is 0 Å². The summed E-state index contributed by atoms with van der Waals surface area (Å²) < 4.78 is 5.51. The second-order valence-corrected chi connectivity index (χ2v) is 5.49. The summed E-state index contributed by atoms with van der Waals surface area (Å²) in [5.74, 6) is 4.58. The summed E-state index contributed by atoms with van der Waals surface area (Å²) in [6, 6.07) is 0.